The number of carbonyl (C=O) groups excluding carboxylic acids is 1. The molecule has 0 aliphatic carbocycles. The van der Waals surface area contributed by atoms with Crippen LogP contribution in [0.5, 0.6) is 17.2 Å². The highest BCUT2D eigenvalue weighted by Gasteiger charge is 2.44. The Morgan fingerprint density at radius 3 is 2.86 bits per heavy atom. The highest BCUT2D eigenvalue weighted by Crippen LogP contribution is 2.47. The van der Waals surface area contributed by atoms with Crippen LogP contribution in [0.25, 0.3) is 0 Å². The van der Waals surface area contributed by atoms with Crippen LogP contribution in [0.4, 0.5) is 4.79 Å². The van der Waals surface area contributed by atoms with Crippen molar-refractivity contribution < 1.29 is 23.7 Å². The van der Waals surface area contributed by atoms with Gasteiger partial charge in [0, 0.05) is 7.05 Å². The molecule has 0 saturated heterocycles. The Hall–Kier alpha value is -1.60. The van der Waals surface area contributed by atoms with Crippen LogP contribution in [-0.4, -0.2) is 37.2 Å². The van der Waals surface area contributed by atoms with Crippen molar-refractivity contribution in [1.82, 2.24) is 5.32 Å². The number of thioether (sulfide) groups is 1. The van der Waals surface area contributed by atoms with Crippen molar-refractivity contribution in [3.63, 3.8) is 0 Å². The number of nitrogens with one attached hydrogen (secondary N) is 1. The fourth-order valence-electron chi connectivity index (χ4n) is 1.86. The summed E-state index contributed by atoms with van der Waals surface area (Å²) in [5.74, 6) is 1.45. The van der Waals surface area contributed by atoms with E-state index in [9.17, 15) is 4.79 Å². The van der Waals surface area contributed by atoms with Crippen LogP contribution in [-0.2, 0) is 4.74 Å². The molecule has 21 heavy (non-hydrogen) atoms. The molecule has 6 nitrogen and oxygen atoms in total. The Labute approximate surface area is 128 Å². The molecule has 1 atom stereocenters. The highest BCUT2D eigenvalue weighted by atomic mass is 32.2. The number of rotatable bonds is 6. The molecule has 1 aliphatic rings. The number of hydrogen-bond donors (Lipinski definition) is 1. The van der Waals surface area contributed by atoms with E-state index in [1.165, 1.54) is 7.05 Å². The van der Waals surface area contributed by atoms with Crippen LogP contribution in [0.3, 0.4) is 0 Å². The first-order chi connectivity index (χ1) is 10.1. The van der Waals surface area contributed by atoms with E-state index in [1.807, 2.05) is 13.8 Å². The second-order valence-corrected chi connectivity index (χ2v) is 5.45. The Kier molecular flexibility index (Phi) is 5.19. The lowest BCUT2D eigenvalue weighted by Crippen LogP contribution is -2.44. The van der Waals surface area contributed by atoms with E-state index < -0.39 is 12.1 Å². The van der Waals surface area contributed by atoms with Gasteiger partial charge in [0.2, 0.25) is 5.75 Å². The molecule has 0 aromatic heterocycles. The molecule has 0 fully saturated rings. The Morgan fingerprint density at radius 1 is 1.38 bits per heavy atom. The van der Waals surface area contributed by atoms with Gasteiger partial charge >= 0.3 is 12.1 Å². The minimum Gasteiger partial charge on any atom is -0.425 e. The largest absolute Gasteiger partial charge is 0.425 e. The van der Waals surface area contributed by atoms with E-state index >= 15 is 0 Å². The van der Waals surface area contributed by atoms with Crippen LogP contribution >= 0.6 is 11.8 Å². The monoisotopic (exact) mass is 313 g/mol. The van der Waals surface area contributed by atoms with Crippen molar-refractivity contribution in [1.29, 1.82) is 0 Å². The van der Waals surface area contributed by atoms with Gasteiger partial charge in [-0.2, -0.15) is 11.8 Å². The van der Waals surface area contributed by atoms with E-state index in [0.29, 0.717) is 29.6 Å². The number of amides is 1. The van der Waals surface area contributed by atoms with Crippen molar-refractivity contribution in [3.05, 3.63) is 18.2 Å². The molecular formula is C14H19NO5S. The number of carbonyl (C=O) groups is 1. The van der Waals surface area contributed by atoms with E-state index in [4.69, 9.17) is 18.9 Å². The zero-order chi connectivity index (χ0) is 15.3. The van der Waals surface area contributed by atoms with Gasteiger partial charge < -0.3 is 24.3 Å². The van der Waals surface area contributed by atoms with Crippen LogP contribution in [0, 0.1) is 0 Å². The van der Waals surface area contributed by atoms with Gasteiger partial charge in [-0.1, -0.05) is 13.0 Å². The highest BCUT2D eigenvalue weighted by molar-refractivity contribution is 7.99. The lowest BCUT2D eigenvalue weighted by atomic mass is 10.3. The lowest BCUT2D eigenvalue weighted by Gasteiger charge is -2.26. The molecule has 1 aromatic carbocycles. The van der Waals surface area contributed by atoms with E-state index in [2.05, 4.69) is 5.32 Å². The summed E-state index contributed by atoms with van der Waals surface area (Å²) in [6.45, 7) is 4.37. The number of para-hydroxylation sites is 1. The maximum absolute atomic E-state index is 11.4. The molecule has 7 heteroatoms. The van der Waals surface area contributed by atoms with Gasteiger partial charge in [-0.15, -0.1) is 0 Å². The van der Waals surface area contributed by atoms with Crippen molar-refractivity contribution in [2.24, 2.45) is 0 Å². The predicted molar refractivity (Wildman–Crippen MR) is 80.1 cm³/mol. The molecule has 0 spiro atoms. The summed E-state index contributed by atoms with van der Waals surface area (Å²) >= 11 is 1.64. The third kappa shape index (κ3) is 3.54. The third-order valence-electron chi connectivity index (χ3n) is 2.72. The smallest absolute Gasteiger partial charge is 0.412 e. The zero-order valence-electron chi connectivity index (χ0n) is 12.3. The minimum atomic E-state index is -1.17. The molecule has 1 amide bonds. The van der Waals surface area contributed by atoms with Gasteiger partial charge in [-0.25, -0.2) is 4.79 Å². The Bertz CT molecular complexity index is 510. The first kappa shape index (κ1) is 15.8. The maximum Gasteiger partial charge on any atom is 0.412 e. The minimum absolute atomic E-state index is 0.301. The third-order valence-corrected chi connectivity index (χ3v) is 3.69. The molecule has 0 radical (unpaired) electrons. The number of hydrogen-bond acceptors (Lipinski definition) is 6. The molecule has 0 saturated carbocycles. The average Bonchev–Trinajstić information content (AvgIpc) is 2.85. The van der Waals surface area contributed by atoms with Crippen molar-refractivity contribution in [2.45, 2.75) is 19.8 Å². The summed E-state index contributed by atoms with van der Waals surface area (Å²) in [5.41, 5.74) is 0. The average molecular weight is 313 g/mol. The molecule has 1 aliphatic heterocycles. The summed E-state index contributed by atoms with van der Waals surface area (Å²) in [7, 11) is 1.49. The second-order valence-electron chi connectivity index (χ2n) is 4.18. The van der Waals surface area contributed by atoms with Crippen molar-refractivity contribution in [2.75, 3.05) is 25.2 Å². The van der Waals surface area contributed by atoms with Gasteiger partial charge in [-0.05, 0) is 24.8 Å². The molecule has 2 rings (SSSR count). The fourth-order valence-corrected chi connectivity index (χ4v) is 2.51. The maximum atomic E-state index is 11.4. The van der Waals surface area contributed by atoms with Gasteiger partial charge in [-0.3, -0.25) is 0 Å². The topological polar surface area (TPSA) is 66.0 Å². The van der Waals surface area contributed by atoms with Gasteiger partial charge in [0.15, 0.2) is 11.5 Å². The molecule has 1 heterocycles. The van der Waals surface area contributed by atoms with Crippen LogP contribution in [0.15, 0.2) is 18.2 Å². The summed E-state index contributed by atoms with van der Waals surface area (Å²) in [6.07, 6.45) is -0.566. The van der Waals surface area contributed by atoms with E-state index in [1.54, 1.807) is 30.0 Å². The zero-order valence-corrected chi connectivity index (χ0v) is 13.1. The quantitative estimate of drug-likeness (QED) is 0.871. The molecular weight excluding hydrogens is 294 g/mol. The second kappa shape index (κ2) is 6.91. The van der Waals surface area contributed by atoms with Crippen LogP contribution in [0.2, 0.25) is 0 Å². The summed E-state index contributed by atoms with van der Waals surface area (Å²) in [6, 6.07) is 5.13. The molecule has 0 bridgehead atoms. The summed E-state index contributed by atoms with van der Waals surface area (Å²) in [5, 5.41) is 2.39. The fraction of sp³-hybridized carbons (Fsp3) is 0.500. The lowest BCUT2D eigenvalue weighted by molar-refractivity contribution is -0.263. The van der Waals surface area contributed by atoms with E-state index in [-0.39, 0.29) is 0 Å². The molecule has 1 N–H and O–H groups in total. The number of ether oxygens (including phenoxy) is 4. The predicted octanol–water partition coefficient (Wildman–Crippen LogP) is 2.62. The normalized spacial score (nSPS) is 19.4. The standard InChI is InChI=1S/C14H19NO5S/c1-4-17-14(9-21-5-2)19-11-8-6-7-10(12(11)20-14)18-13(16)15-3/h6-8H,4-5,9H2,1-3H3,(H,15,16). The Morgan fingerprint density at radius 2 is 2.19 bits per heavy atom. The van der Waals surface area contributed by atoms with Gasteiger partial charge in [0.1, 0.15) is 5.75 Å². The first-order valence-corrected chi connectivity index (χ1v) is 7.92. The number of fused-ring (bicyclic) bond motifs is 1. The Balaban J connectivity index is 2.23. The molecule has 1 aromatic rings. The van der Waals surface area contributed by atoms with Crippen molar-refractivity contribution >= 4 is 17.9 Å². The van der Waals surface area contributed by atoms with Gasteiger partial charge in [0.25, 0.3) is 0 Å². The van der Waals surface area contributed by atoms with Gasteiger partial charge in [0.05, 0.1) is 6.61 Å². The summed E-state index contributed by atoms with van der Waals surface area (Å²) < 4.78 is 22.5. The first-order valence-electron chi connectivity index (χ1n) is 6.76. The molecule has 1 unspecified atom stereocenters. The molecule has 116 valence electrons. The van der Waals surface area contributed by atoms with Crippen molar-refractivity contribution in [3.8, 4) is 17.2 Å². The SMILES string of the molecule is CCOC1(CSCC)Oc2cccc(OC(=O)NC)c2O1. The van der Waals surface area contributed by atoms with Crippen LogP contribution in [0.1, 0.15) is 13.8 Å². The van der Waals surface area contributed by atoms with Crippen LogP contribution < -0.4 is 19.5 Å². The summed E-state index contributed by atoms with van der Waals surface area (Å²) in [4.78, 5) is 11.4. The number of benzene rings is 1. The van der Waals surface area contributed by atoms with E-state index in [0.717, 1.165) is 5.75 Å².